The summed E-state index contributed by atoms with van der Waals surface area (Å²) in [4.78, 5) is 21.3. The molecule has 1 amide bonds. The average Bonchev–Trinajstić information content (AvgIpc) is 2.66. The van der Waals surface area contributed by atoms with Crippen LogP contribution < -0.4 is 24.8 Å². The monoisotopic (exact) mass is 374 g/mol. The van der Waals surface area contributed by atoms with Crippen LogP contribution in [0.15, 0.2) is 18.2 Å². The van der Waals surface area contributed by atoms with Crippen molar-refractivity contribution in [1.29, 1.82) is 0 Å². The van der Waals surface area contributed by atoms with E-state index in [1.54, 1.807) is 18.2 Å². The molecule has 0 bridgehead atoms. The number of benzene rings is 1. The molecule has 0 fully saturated rings. The molecule has 2 N–H and O–H groups in total. The lowest BCUT2D eigenvalue weighted by molar-refractivity contribution is 0.102. The smallest absolute Gasteiger partial charge is 0.274 e. The second-order valence-corrected chi connectivity index (χ2v) is 6.04. The molecule has 1 unspecified atom stereocenters. The average molecular weight is 374 g/mol. The van der Waals surface area contributed by atoms with Crippen LogP contribution in [-0.4, -0.2) is 43.2 Å². The lowest BCUT2D eigenvalue weighted by Gasteiger charge is -2.15. The molecular formula is C19H26N4O4. The molecule has 0 saturated heterocycles. The number of nitrogens with zero attached hydrogens (tertiary/aromatic N) is 2. The van der Waals surface area contributed by atoms with Crippen LogP contribution in [0.2, 0.25) is 0 Å². The van der Waals surface area contributed by atoms with E-state index in [2.05, 4.69) is 27.5 Å². The van der Waals surface area contributed by atoms with Crippen molar-refractivity contribution in [2.45, 2.75) is 33.2 Å². The van der Waals surface area contributed by atoms with Crippen LogP contribution in [0.4, 0.5) is 11.6 Å². The number of nitrogens with one attached hydrogen (secondary N) is 2. The Hall–Kier alpha value is -3.03. The van der Waals surface area contributed by atoms with Gasteiger partial charge in [0.1, 0.15) is 5.69 Å². The van der Waals surface area contributed by atoms with E-state index in [0.717, 1.165) is 6.42 Å². The lowest BCUT2D eigenvalue weighted by atomic mass is 10.2. The number of ether oxygens (including phenoxy) is 3. The zero-order valence-corrected chi connectivity index (χ0v) is 16.5. The predicted octanol–water partition coefficient (Wildman–Crippen LogP) is 3.27. The fourth-order valence-corrected chi connectivity index (χ4v) is 2.42. The number of aromatic nitrogens is 2. The van der Waals surface area contributed by atoms with E-state index in [1.165, 1.54) is 21.3 Å². The molecule has 1 aromatic heterocycles. The van der Waals surface area contributed by atoms with Gasteiger partial charge < -0.3 is 24.8 Å². The van der Waals surface area contributed by atoms with Crippen molar-refractivity contribution in [2.75, 3.05) is 32.0 Å². The van der Waals surface area contributed by atoms with Gasteiger partial charge in [-0.25, -0.2) is 9.97 Å². The Kier molecular flexibility index (Phi) is 6.81. The molecule has 2 aromatic rings. The molecule has 27 heavy (non-hydrogen) atoms. The largest absolute Gasteiger partial charge is 0.493 e. The van der Waals surface area contributed by atoms with Gasteiger partial charge in [-0.2, -0.15) is 0 Å². The maximum absolute atomic E-state index is 12.7. The molecule has 0 aliphatic rings. The molecule has 1 aromatic carbocycles. The molecule has 0 aliphatic carbocycles. The first-order chi connectivity index (χ1) is 12.9. The predicted molar refractivity (Wildman–Crippen MR) is 104 cm³/mol. The quantitative estimate of drug-likeness (QED) is 0.732. The van der Waals surface area contributed by atoms with Gasteiger partial charge in [0, 0.05) is 29.6 Å². The molecule has 0 saturated carbocycles. The Labute approximate surface area is 159 Å². The summed E-state index contributed by atoms with van der Waals surface area (Å²) in [6.45, 7) is 5.91. The highest BCUT2D eigenvalue weighted by Crippen LogP contribution is 2.40. The van der Waals surface area contributed by atoms with Gasteiger partial charge >= 0.3 is 0 Å². The summed E-state index contributed by atoms with van der Waals surface area (Å²) < 4.78 is 15.9. The third-order valence-corrected chi connectivity index (χ3v) is 4.00. The van der Waals surface area contributed by atoms with Crippen molar-refractivity contribution in [3.05, 3.63) is 29.6 Å². The molecule has 8 heteroatoms. The Morgan fingerprint density at radius 3 is 2.22 bits per heavy atom. The van der Waals surface area contributed by atoms with Crippen LogP contribution in [0.25, 0.3) is 0 Å². The van der Waals surface area contributed by atoms with Crippen LogP contribution in [0, 0.1) is 6.92 Å². The van der Waals surface area contributed by atoms with E-state index in [4.69, 9.17) is 14.2 Å². The highest BCUT2D eigenvalue weighted by molar-refractivity contribution is 6.03. The molecule has 0 radical (unpaired) electrons. The van der Waals surface area contributed by atoms with E-state index in [-0.39, 0.29) is 17.6 Å². The second kappa shape index (κ2) is 9.07. The summed E-state index contributed by atoms with van der Waals surface area (Å²) >= 11 is 0. The highest BCUT2D eigenvalue weighted by Gasteiger charge is 2.17. The van der Waals surface area contributed by atoms with Crippen LogP contribution in [0.1, 0.15) is 36.5 Å². The minimum Gasteiger partial charge on any atom is -0.493 e. The summed E-state index contributed by atoms with van der Waals surface area (Å²) in [5, 5.41) is 5.99. The van der Waals surface area contributed by atoms with E-state index in [1.807, 2.05) is 13.8 Å². The van der Waals surface area contributed by atoms with Gasteiger partial charge in [0.15, 0.2) is 11.5 Å². The van der Waals surface area contributed by atoms with Crippen molar-refractivity contribution < 1.29 is 19.0 Å². The number of amides is 1. The fourth-order valence-electron chi connectivity index (χ4n) is 2.42. The van der Waals surface area contributed by atoms with Crippen LogP contribution >= 0.6 is 0 Å². The summed E-state index contributed by atoms with van der Waals surface area (Å²) in [6.07, 6.45) is 0.921. The standard InChI is InChI=1S/C19H26N4O4/c1-7-11(2)20-19-21-12(3)8-14(23-19)18(24)22-13-9-15(25-4)17(27-6)16(10-13)26-5/h8-11H,7H2,1-6H3,(H,22,24)(H,20,21,23). The molecule has 1 heterocycles. The fraction of sp³-hybridized carbons (Fsp3) is 0.421. The van der Waals surface area contributed by atoms with Crippen molar-refractivity contribution in [3.63, 3.8) is 0 Å². The van der Waals surface area contributed by atoms with Crippen LogP contribution in [0.5, 0.6) is 17.2 Å². The van der Waals surface area contributed by atoms with Crippen molar-refractivity contribution in [3.8, 4) is 17.2 Å². The number of hydrogen-bond acceptors (Lipinski definition) is 7. The van der Waals surface area contributed by atoms with E-state index >= 15 is 0 Å². The molecule has 2 rings (SSSR count). The molecule has 0 spiro atoms. The Morgan fingerprint density at radius 1 is 1.07 bits per heavy atom. The van der Waals surface area contributed by atoms with Crippen LogP contribution in [-0.2, 0) is 0 Å². The van der Waals surface area contributed by atoms with Gasteiger partial charge in [0.25, 0.3) is 5.91 Å². The summed E-state index contributed by atoms with van der Waals surface area (Å²) in [5.74, 6) is 1.42. The topological polar surface area (TPSA) is 94.6 Å². The Bertz CT molecular complexity index is 785. The molecule has 8 nitrogen and oxygen atoms in total. The Morgan fingerprint density at radius 2 is 1.70 bits per heavy atom. The van der Waals surface area contributed by atoms with Gasteiger partial charge in [0.2, 0.25) is 11.7 Å². The van der Waals surface area contributed by atoms with Gasteiger partial charge in [-0.15, -0.1) is 0 Å². The van der Waals surface area contributed by atoms with Gasteiger partial charge in [0.05, 0.1) is 21.3 Å². The second-order valence-electron chi connectivity index (χ2n) is 6.04. The number of carbonyl (C=O) groups is 1. The number of anilines is 2. The summed E-state index contributed by atoms with van der Waals surface area (Å²) in [6, 6.07) is 5.16. The first-order valence-electron chi connectivity index (χ1n) is 8.65. The van der Waals surface area contributed by atoms with E-state index < -0.39 is 0 Å². The van der Waals surface area contributed by atoms with E-state index in [9.17, 15) is 4.79 Å². The Balaban J connectivity index is 2.29. The number of methoxy groups -OCH3 is 3. The summed E-state index contributed by atoms with van der Waals surface area (Å²) in [5.41, 5.74) is 1.47. The van der Waals surface area contributed by atoms with Crippen molar-refractivity contribution in [1.82, 2.24) is 9.97 Å². The third kappa shape index (κ3) is 4.99. The zero-order valence-electron chi connectivity index (χ0n) is 16.5. The number of carbonyl (C=O) groups excluding carboxylic acids is 1. The first kappa shape index (κ1) is 20.3. The number of rotatable bonds is 8. The maximum atomic E-state index is 12.7. The third-order valence-electron chi connectivity index (χ3n) is 4.00. The summed E-state index contributed by atoms with van der Waals surface area (Å²) in [7, 11) is 4.56. The minimum absolute atomic E-state index is 0.206. The normalized spacial score (nSPS) is 11.5. The van der Waals surface area contributed by atoms with Crippen molar-refractivity contribution in [2.24, 2.45) is 0 Å². The molecular weight excluding hydrogens is 348 g/mol. The highest BCUT2D eigenvalue weighted by atomic mass is 16.5. The number of aryl methyl sites for hydroxylation is 1. The molecule has 1 atom stereocenters. The zero-order chi connectivity index (χ0) is 20.0. The van der Waals surface area contributed by atoms with Crippen LogP contribution in [0.3, 0.4) is 0 Å². The lowest BCUT2D eigenvalue weighted by Crippen LogP contribution is -2.19. The maximum Gasteiger partial charge on any atom is 0.274 e. The van der Waals surface area contributed by atoms with Crippen molar-refractivity contribution >= 4 is 17.5 Å². The van der Waals surface area contributed by atoms with Gasteiger partial charge in [-0.1, -0.05) is 6.92 Å². The van der Waals surface area contributed by atoms with E-state index in [0.29, 0.717) is 34.6 Å². The minimum atomic E-state index is -0.359. The van der Waals surface area contributed by atoms with Gasteiger partial charge in [-0.3, -0.25) is 4.79 Å². The van der Waals surface area contributed by atoms with Gasteiger partial charge in [-0.05, 0) is 26.3 Å². The number of hydrogen-bond donors (Lipinski definition) is 2. The SMILES string of the molecule is CCC(C)Nc1nc(C)cc(C(=O)Nc2cc(OC)c(OC)c(OC)c2)n1. The molecule has 0 aliphatic heterocycles. The first-order valence-corrected chi connectivity index (χ1v) is 8.65. The molecule has 146 valence electrons.